The Balaban J connectivity index is 2.24. The van der Waals surface area contributed by atoms with Gasteiger partial charge >= 0.3 is 0 Å². The number of aryl methyl sites for hydroxylation is 1. The van der Waals surface area contributed by atoms with Gasteiger partial charge in [-0.2, -0.15) is 15.4 Å². The summed E-state index contributed by atoms with van der Waals surface area (Å²) in [7, 11) is 0. The minimum absolute atomic E-state index is 0.280. The van der Waals surface area contributed by atoms with Crippen molar-refractivity contribution in [3.05, 3.63) is 36.0 Å². The Bertz CT molecular complexity index is 672. The topological polar surface area (TPSA) is 93.6 Å². The van der Waals surface area contributed by atoms with Crippen molar-refractivity contribution in [3.63, 3.8) is 0 Å². The van der Waals surface area contributed by atoms with E-state index in [1.165, 1.54) is 0 Å². The van der Waals surface area contributed by atoms with Gasteiger partial charge in [-0.15, -0.1) is 0 Å². The second-order valence-corrected chi connectivity index (χ2v) is 3.94. The maximum atomic E-state index is 5.86. The van der Waals surface area contributed by atoms with E-state index in [0.29, 0.717) is 11.4 Å². The highest BCUT2D eigenvalue weighted by atomic mass is 16.5. The van der Waals surface area contributed by atoms with E-state index in [1.807, 2.05) is 31.2 Å². The maximum Gasteiger partial charge on any atom is 0.230 e. The van der Waals surface area contributed by atoms with Crippen molar-refractivity contribution in [2.45, 2.75) is 6.92 Å². The number of nitrogens with zero attached hydrogens (tertiary/aromatic N) is 3. The van der Waals surface area contributed by atoms with Crippen LogP contribution >= 0.6 is 0 Å². The summed E-state index contributed by atoms with van der Waals surface area (Å²) in [5, 5.41) is 14.3. The molecule has 0 amide bonds. The minimum atomic E-state index is 0.280. The monoisotopic (exact) mass is 241 g/mol. The number of nitrogen functional groups attached to an aromatic ring is 1. The summed E-state index contributed by atoms with van der Waals surface area (Å²) < 4.78 is 5.07. The van der Waals surface area contributed by atoms with Crippen molar-refractivity contribution >= 4 is 5.88 Å². The van der Waals surface area contributed by atoms with E-state index in [2.05, 4.69) is 20.6 Å². The normalized spacial score (nSPS) is 10.7. The number of benzene rings is 1. The molecule has 3 rings (SSSR count). The molecule has 3 aromatic rings. The molecule has 6 heteroatoms. The number of nitrogens with one attached hydrogen (secondary N) is 1. The molecule has 2 aromatic heterocycles. The Morgan fingerprint density at radius 1 is 1.28 bits per heavy atom. The number of hydrogen-bond donors (Lipinski definition) is 2. The number of rotatable bonds is 2. The highest BCUT2D eigenvalue weighted by Gasteiger charge is 2.20. The lowest BCUT2D eigenvalue weighted by Crippen LogP contribution is -1.90. The van der Waals surface area contributed by atoms with Gasteiger partial charge in [0.05, 0.1) is 11.8 Å². The van der Waals surface area contributed by atoms with Gasteiger partial charge in [0, 0.05) is 0 Å². The largest absolute Gasteiger partial charge is 0.367 e. The number of hydrogen-bond acceptors (Lipinski definition) is 5. The van der Waals surface area contributed by atoms with E-state index in [-0.39, 0.29) is 5.88 Å². The third kappa shape index (κ3) is 1.55. The van der Waals surface area contributed by atoms with Crippen LogP contribution in [0.25, 0.3) is 22.5 Å². The number of nitrogens with two attached hydrogens (primary N) is 1. The van der Waals surface area contributed by atoms with Crippen molar-refractivity contribution in [1.29, 1.82) is 0 Å². The lowest BCUT2D eigenvalue weighted by atomic mass is 9.99. The van der Waals surface area contributed by atoms with Gasteiger partial charge in [0.25, 0.3) is 0 Å². The summed E-state index contributed by atoms with van der Waals surface area (Å²) >= 11 is 0. The van der Waals surface area contributed by atoms with E-state index < -0.39 is 0 Å². The summed E-state index contributed by atoms with van der Waals surface area (Å²) in [5.41, 5.74) is 9.89. The van der Waals surface area contributed by atoms with Crippen molar-refractivity contribution in [1.82, 2.24) is 20.6 Å². The highest BCUT2D eigenvalue weighted by molar-refractivity contribution is 5.86. The van der Waals surface area contributed by atoms with Crippen LogP contribution in [0.3, 0.4) is 0 Å². The number of aromatic nitrogens is 4. The first-order valence-electron chi connectivity index (χ1n) is 5.44. The average Bonchev–Trinajstić information content (AvgIpc) is 2.99. The van der Waals surface area contributed by atoms with Crippen LogP contribution in [0.5, 0.6) is 0 Å². The SMILES string of the molecule is Cc1ccccc1-c1c(-c2cn[nH]n2)noc1N. The first kappa shape index (κ1) is 10.5. The summed E-state index contributed by atoms with van der Waals surface area (Å²) in [6.45, 7) is 2.01. The predicted molar refractivity (Wildman–Crippen MR) is 66.5 cm³/mol. The first-order valence-corrected chi connectivity index (χ1v) is 5.44. The Labute approximate surface area is 103 Å². The molecule has 0 fully saturated rings. The van der Waals surface area contributed by atoms with Crippen LogP contribution in [0.15, 0.2) is 35.0 Å². The molecule has 0 atom stereocenters. The Morgan fingerprint density at radius 2 is 2.11 bits per heavy atom. The molecule has 0 aliphatic carbocycles. The summed E-state index contributed by atoms with van der Waals surface area (Å²) in [6.07, 6.45) is 1.58. The second kappa shape index (κ2) is 3.99. The molecule has 0 aliphatic heterocycles. The number of aromatic amines is 1. The molecule has 0 aliphatic rings. The maximum absolute atomic E-state index is 5.86. The molecule has 1 aromatic carbocycles. The zero-order chi connectivity index (χ0) is 12.5. The molecule has 90 valence electrons. The van der Waals surface area contributed by atoms with Crippen LogP contribution in [-0.2, 0) is 0 Å². The summed E-state index contributed by atoms with van der Waals surface area (Å²) in [6, 6.07) is 7.90. The summed E-state index contributed by atoms with van der Waals surface area (Å²) in [5.74, 6) is 0.280. The highest BCUT2D eigenvalue weighted by Crippen LogP contribution is 2.36. The van der Waals surface area contributed by atoms with Crippen molar-refractivity contribution in [2.75, 3.05) is 5.73 Å². The van der Waals surface area contributed by atoms with Crippen LogP contribution < -0.4 is 5.73 Å². The standard InChI is InChI=1S/C12H11N5O/c1-7-4-2-3-5-8(7)10-11(16-18-12(10)13)9-6-14-17-15-9/h2-6H,13H2,1H3,(H,14,15,17). The van der Waals surface area contributed by atoms with Gasteiger partial charge in [-0.25, -0.2) is 0 Å². The lowest BCUT2D eigenvalue weighted by molar-refractivity contribution is 0.439. The van der Waals surface area contributed by atoms with Gasteiger partial charge < -0.3 is 10.3 Å². The third-order valence-corrected chi connectivity index (χ3v) is 2.79. The third-order valence-electron chi connectivity index (χ3n) is 2.79. The molecule has 0 bridgehead atoms. The van der Waals surface area contributed by atoms with Crippen LogP contribution in [0, 0.1) is 6.92 Å². The van der Waals surface area contributed by atoms with Crippen LogP contribution in [0.4, 0.5) is 5.88 Å². The van der Waals surface area contributed by atoms with Gasteiger partial charge in [0.15, 0.2) is 0 Å². The Hall–Kier alpha value is -2.63. The zero-order valence-electron chi connectivity index (χ0n) is 9.71. The van der Waals surface area contributed by atoms with E-state index in [4.69, 9.17) is 10.3 Å². The fourth-order valence-electron chi connectivity index (χ4n) is 1.91. The molecule has 3 N–H and O–H groups in total. The van der Waals surface area contributed by atoms with Crippen LogP contribution in [0.2, 0.25) is 0 Å². The molecular formula is C12H11N5O. The van der Waals surface area contributed by atoms with Gasteiger partial charge in [-0.05, 0) is 18.1 Å². The quantitative estimate of drug-likeness (QED) is 0.715. The van der Waals surface area contributed by atoms with Crippen molar-refractivity contribution < 1.29 is 4.52 Å². The Kier molecular flexibility index (Phi) is 2.33. The Morgan fingerprint density at radius 3 is 2.83 bits per heavy atom. The molecule has 0 radical (unpaired) electrons. The van der Waals surface area contributed by atoms with Crippen molar-refractivity contribution in [3.8, 4) is 22.5 Å². The van der Waals surface area contributed by atoms with E-state index in [0.717, 1.165) is 16.7 Å². The first-order chi connectivity index (χ1) is 8.77. The van der Waals surface area contributed by atoms with Crippen LogP contribution in [0.1, 0.15) is 5.56 Å². The number of H-pyrrole nitrogens is 1. The average molecular weight is 241 g/mol. The molecule has 0 saturated carbocycles. The molecular weight excluding hydrogens is 230 g/mol. The second-order valence-electron chi connectivity index (χ2n) is 3.94. The van der Waals surface area contributed by atoms with Gasteiger partial charge in [-0.1, -0.05) is 29.4 Å². The fraction of sp³-hybridized carbons (Fsp3) is 0.0833. The lowest BCUT2D eigenvalue weighted by Gasteiger charge is -2.04. The smallest absolute Gasteiger partial charge is 0.230 e. The molecule has 18 heavy (non-hydrogen) atoms. The molecule has 6 nitrogen and oxygen atoms in total. The number of anilines is 1. The molecule has 0 saturated heterocycles. The van der Waals surface area contributed by atoms with Gasteiger partial charge in [0.1, 0.15) is 11.4 Å². The predicted octanol–water partition coefficient (Wildman–Crippen LogP) is 2.02. The van der Waals surface area contributed by atoms with Crippen LogP contribution in [-0.4, -0.2) is 20.6 Å². The van der Waals surface area contributed by atoms with E-state index in [1.54, 1.807) is 6.20 Å². The van der Waals surface area contributed by atoms with Gasteiger partial charge in [-0.3, -0.25) is 0 Å². The summed E-state index contributed by atoms with van der Waals surface area (Å²) in [4.78, 5) is 0. The van der Waals surface area contributed by atoms with E-state index in [9.17, 15) is 0 Å². The molecule has 0 spiro atoms. The minimum Gasteiger partial charge on any atom is -0.367 e. The zero-order valence-corrected chi connectivity index (χ0v) is 9.71. The fourth-order valence-corrected chi connectivity index (χ4v) is 1.91. The molecule has 2 heterocycles. The molecule has 0 unspecified atom stereocenters. The van der Waals surface area contributed by atoms with Crippen molar-refractivity contribution in [2.24, 2.45) is 0 Å². The van der Waals surface area contributed by atoms with Gasteiger partial charge in [0.2, 0.25) is 5.88 Å². The van der Waals surface area contributed by atoms with E-state index >= 15 is 0 Å².